The van der Waals surface area contributed by atoms with Crippen molar-refractivity contribution in [3.8, 4) is 0 Å². The van der Waals surface area contributed by atoms with Gasteiger partial charge in [0, 0.05) is 34.1 Å². The van der Waals surface area contributed by atoms with Crippen molar-refractivity contribution < 1.29 is 78.4 Å². The van der Waals surface area contributed by atoms with Gasteiger partial charge < -0.3 is 67.0 Å². The number of aliphatic hydroxyl groups is 4. The third-order valence-corrected chi connectivity index (χ3v) is 8.50. The van der Waals surface area contributed by atoms with Gasteiger partial charge in [0.15, 0.2) is 0 Å². The highest BCUT2D eigenvalue weighted by Gasteiger charge is 2.27. The number of aliphatic hydroxyl groups excluding tert-OH is 4. The predicted octanol–water partition coefficient (Wildman–Crippen LogP) is 3.76. The van der Waals surface area contributed by atoms with E-state index in [-0.39, 0.29) is 67.7 Å². The number of carbonyl (C=O) groups is 7. The molecule has 8 atom stereocenters. The monoisotopic (exact) mass is 1010 g/mol. The summed E-state index contributed by atoms with van der Waals surface area (Å²) in [7, 11) is 2.94. The Morgan fingerprint density at radius 2 is 0.814 bits per heavy atom. The molecule has 395 valence electrons. The van der Waals surface area contributed by atoms with Gasteiger partial charge in [-0.2, -0.15) is 0 Å². The predicted molar refractivity (Wildman–Crippen MR) is 268 cm³/mol. The molecule has 3 rings (SSSR count). The van der Waals surface area contributed by atoms with Crippen molar-refractivity contribution in [2.24, 2.45) is 23.3 Å². The van der Waals surface area contributed by atoms with Crippen LogP contribution in [-0.4, -0.2) is 131 Å². The van der Waals surface area contributed by atoms with E-state index in [0.29, 0.717) is 0 Å². The van der Waals surface area contributed by atoms with Gasteiger partial charge in [0.2, 0.25) is 11.8 Å². The minimum absolute atomic E-state index is 0. The third kappa shape index (κ3) is 39.0. The van der Waals surface area contributed by atoms with E-state index in [9.17, 15) is 43.8 Å². The van der Waals surface area contributed by atoms with Crippen LogP contribution in [0.4, 0.5) is 4.79 Å². The van der Waals surface area contributed by atoms with Gasteiger partial charge in [0.05, 0.1) is 49.1 Å². The van der Waals surface area contributed by atoms with Gasteiger partial charge in [0.1, 0.15) is 31.9 Å². The van der Waals surface area contributed by atoms with Crippen molar-refractivity contribution >= 4 is 61.1 Å². The van der Waals surface area contributed by atoms with Gasteiger partial charge in [-0.25, -0.2) is 4.79 Å². The number of likely N-dealkylation sites (N-methyl/N-ethyl adjacent to an activating group) is 1. The third-order valence-electron chi connectivity index (χ3n) is 8.39. The molecule has 0 aliphatic carbocycles. The van der Waals surface area contributed by atoms with Crippen LogP contribution in [0.3, 0.4) is 0 Å². The highest BCUT2D eigenvalue weighted by Crippen LogP contribution is 2.13. The van der Waals surface area contributed by atoms with Gasteiger partial charge in [-0.15, -0.1) is 0 Å². The van der Waals surface area contributed by atoms with Gasteiger partial charge in [-0.3, -0.25) is 28.8 Å². The number of hydrogen-bond donors (Lipinski definition) is 10. The van der Waals surface area contributed by atoms with Crippen LogP contribution in [0.2, 0.25) is 0 Å². The Hall–Kier alpha value is -5.94. The summed E-state index contributed by atoms with van der Waals surface area (Å²) in [4.78, 5) is 75.9. The molecule has 3 aromatic rings. The number of esters is 2. The highest BCUT2D eigenvalue weighted by atomic mass is 35.5. The molecule has 0 bridgehead atoms. The average molecular weight is 1010 g/mol. The second kappa shape index (κ2) is 45.5. The molecule has 0 heterocycles. The lowest BCUT2D eigenvalue weighted by atomic mass is 9.99. The van der Waals surface area contributed by atoms with Crippen LogP contribution in [0.1, 0.15) is 85.9 Å². The smallest absolute Gasteiger partial charge is 0.404 e. The first kappa shape index (κ1) is 75.6. The fourth-order valence-electron chi connectivity index (χ4n) is 4.39. The van der Waals surface area contributed by atoms with Crippen LogP contribution in [0, 0.1) is 11.8 Å². The van der Waals surface area contributed by atoms with Crippen LogP contribution in [0.25, 0.3) is 0 Å². The number of nitrogens with one attached hydrogen (secondary N) is 2. The van der Waals surface area contributed by atoms with E-state index in [1.807, 2.05) is 92.7 Å². The van der Waals surface area contributed by atoms with Gasteiger partial charge in [-0.1, -0.05) is 120 Å². The molecule has 0 fully saturated rings. The van der Waals surface area contributed by atoms with E-state index in [0.717, 1.165) is 16.7 Å². The zero-order chi connectivity index (χ0) is 52.1. The largest absolute Gasteiger partial charge is 0.481 e. The molecule has 20 nitrogen and oxygen atoms in total. The topological polar surface area (TPSA) is 345 Å². The van der Waals surface area contributed by atoms with Crippen LogP contribution in [-0.2, 0) is 62.8 Å². The molecule has 0 aliphatic rings. The molecule has 70 heavy (non-hydrogen) atoms. The number of hydrogen-bond acceptors (Lipinski definition) is 16. The number of amides is 2. The molecule has 0 aromatic heterocycles. The number of carboxylic acids is 2. The second-order valence-electron chi connectivity index (χ2n) is 13.8. The molecule has 0 saturated carbocycles. The number of rotatable bonds is 18. The quantitative estimate of drug-likeness (QED) is 0.0375. The number of carboxylic acid groups (broad SMARTS) is 2. The van der Waals surface area contributed by atoms with Crippen LogP contribution in [0.15, 0.2) is 91.0 Å². The minimum Gasteiger partial charge on any atom is -0.481 e. The summed E-state index contributed by atoms with van der Waals surface area (Å²) in [5.74, 6) is -6.15. The Morgan fingerprint density at radius 1 is 0.514 bits per heavy atom. The maximum Gasteiger partial charge on any atom is 0.404 e. The summed E-state index contributed by atoms with van der Waals surface area (Å²) in [6.45, 7) is 10.1. The Balaban J connectivity index is -0.000000186. The summed E-state index contributed by atoms with van der Waals surface area (Å²) >= 11 is 4.97. The van der Waals surface area contributed by atoms with Crippen molar-refractivity contribution in [2.45, 2.75) is 126 Å². The molecule has 0 unspecified atom stereocenters. The van der Waals surface area contributed by atoms with Crippen molar-refractivity contribution in [3.63, 3.8) is 0 Å². The van der Waals surface area contributed by atoms with E-state index in [1.54, 1.807) is 12.1 Å². The Kier molecular flexibility index (Phi) is 49.1. The molecular weight excluding hydrogens is 935 g/mol. The van der Waals surface area contributed by atoms with E-state index in [4.69, 9.17) is 53.0 Å². The van der Waals surface area contributed by atoms with Crippen LogP contribution >= 0.6 is 11.6 Å². The fourth-order valence-corrected chi connectivity index (χ4v) is 4.45. The van der Waals surface area contributed by atoms with E-state index >= 15 is 0 Å². The van der Waals surface area contributed by atoms with Crippen LogP contribution in [0.5, 0.6) is 0 Å². The summed E-state index contributed by atoms with van der Waals surface area (Å²) in [5.41, 5.74) is 12.0. The number of ether oxygens (including phenoxy) is 3. The summed E-state index contributed by atoms with van der Waals surface area (Å²) < 4.78 is 14.6. The van der Waals surface area contributed by atoms with Gasteiger partial charge in [-0.05, 0) is 44.4 Å². The van der Waals surface area contributed by atoms with Gasteiger partial charge >= 0.3 is 29.3 Å². The molecule has 3 radical (unpaired) electrons. The first-order chi connectivity index (χ1) is 31.5. The minimum atomic E-state index is -1.21. The summed E-state index contributed by atoms with van der Waals surface area (Å²) in [6.07, 6.45) is -4.22. The van der Waals surface area contributed by atoms with Crippen molar-refractivity contribution in [1.29, 1.82) is 0 Å². The number of aliphatic carboxylic acids is 2. The molecule has 0 spiro atoms. The standard InChI is InChI=1S/C14H19NO4.C13H16O5.C8H7ClO2.C5H12N2O2.C4H9NO3.C2H6.2CH4.B/c1-10(16)12(14(18)15-2)8-13(17)19-9-11-6-4-3-5-7-11;1-9(14)11(13(16)17)7-12(15)18-8-10-5-3-2-4-6-10;9-8(10)11-6-7-4-2-1-3-5-7;1-3(8)4(6)5(9)7-2;1-2(6)3(5)4(7)8;1-2;;;/h3-7,10,12,16H,8-9H2,1-2H3,(H,15,18);2-6,9,11,14H,7-8H2,1H3,(H,16,17);1-5H,6H2;3-4,8H,6H2,1-2H3,(H,7,9);2-3,6H,5H2,1H3,(H,7,8);1-2H3;2*1H4;/t10-,12+;9-,11+;;3-,4+;2-,3+;;;;/m11.11..../s1. The average Bonchev–Trinajstić information content (AvgIpc) is 3.31. The molecule has 3 aromatic carbocycles. The molecule has 0 aliphatic heterocycles. The molecule has 22 heteroatoms. The van der Waals surface area contributed by atoms with E-state index in [1.165, 1.54) is 41.8 Å². The Labute approximate surface area is 419 Å². The zero-order valence-electron chi connectivity index (χ0n) is 39.7. The normalized spacial score (nSPS) is 12.8. The maximum atomic E-state index is 11.6. The van der Waals surface area contributed by atoms with Crippen molar-refractivity contribution in [3.05, 3.63) is 108 Å². The lowest BCUT2D eigenvalue weighted by molar-refractivity contribution is -0.155. The molecular formula is C48H77BClN4O16. The lowest BCUT2D eigenvalue weighted by Gasteiger charge is -2.17. The molecule has 0 saturated heterocycles. The fraction of sp³-hybridized carbons (Fsp3) is 0.479. The molecule has 12 N–H and O–H groups in total. The Morgan fingerprint density at radius 3 is 1.03 bits per heavy atom. The van der Waals surface area contributed by atoms with Crippen molar-refractivity contribution in [1.82, 2.24) is 10.6 Å². The number of benzene rings is 3. The highest BCUT2D eigenvalue weighted by molar-refractivity contribution is 6.61. The summed E-state index contributed by atoms with van der Waals surface area (Å²) in [5, 5.41) is 57.5. The Bertz CT molecular complexity index is 1830. The first-order valence-electron chi connectivity index (χ1n) is 20.9. The van der Waals surface area contributed by atoms with E-state index in [2.05, 4.69) is 15.4 Å². The van der Waals surface area contributed by atoms with E-state index < -0.39 is 77.6 Å². The maximum absolute atomic E-state index is 11.6. The number of nitrogens with two attached hydrogens (primary N) is 2. The number of carbonyl (C=O) groups excluding carboxylic acids is 5. The van der Waals surface area contributed by atoms with Crippen LogP contribution < -0.4 is 22.1 Å². The van der Waals surface area contributed by atoms with Crippen molar-refractivity contribution in [2.75, 3.05) is 14.1 Å². The summed E-state index contributed by atoms with van der Waals surface area (Å²) in [6, 6.07) is 25.8. The second-order valence-corrected chi connectivity index (χ2v) is 14.2. The van der Waals surface area contributed by atoms with Gasteiger partial charge in [0.25, 0.3) is 0 Å². The molecule has 2 amide bonds. The SMILES string of the molecule is C.C.CC.CNC(=O)[C@@H](CC(=O)OCc1ccccc1)[C@@H](C)O.CNC(=O)[C@@H](N)[C@@H](C)O.C[C@@H](O)[C@H](CC(=O)OCc1ccccc1)C(=O)O.C[C@@H](O)[C@H](N)C(=O)O.O=C(Cl)OCc1ccccc1.[B]. The number of halogens is 1. The zero-order valence-corrected chi connectivity index (χ0v) is 40.4. The lowest BCUT2D eigenvalue weighted by Crippen LogP contribution is -2.45. The first-order valence-corrected chi connectivity index (χ1v) is 21.2.